The van der Waals surface area contributed by atoms with Crippen LogP contribution in [0.25, 0.3) is 6.08 Å². The van der Waals surface area contributed by atoms with Gasteiger partial charge in [0.2, 0.25) is 5.91 Å². The van der Waals surface area contributed by atoms with Crippen molar-refractivity contribution in [3.63, 3.8) is 0 Å². The molecule has 5 nitrogen and oxygen atoms in total. The predicted octanol–water partition coefficient (Wildman–Crippen LogP) is 2.83. The van der Waals surface area contributed by atoms with Gasteiger partial charge in [-0.25, -0.2) is 4.79 Å². The molecule has 1 aromatic carbocycles. The maximum Gasteiger partial charge on any atom is 0.337 e. The van der Waals surface area contributed by atoms with Crippen molar-refractivity contribution in [2.45, 2.75) is 6.92 Å². The van der Waals surface area contributed by atoms with Crippen molar-refractivity contribution in [3.05, 3.63) is 65.5 Å². The molecule has 5 heteroatoms. The van der Waals surface area contributed by atoms with E-state index in [0.29, 0.717) is 11.3 Å². The number of carbonyl (C=O) groups excluding carboxylic acids is 2. The van der Waals surface area contributed by atoms with Crippen molar-refractivity contribution in [2.24, 2.45) is 0 Å². The maximum absolute atomic E-state index is 11.9. The molecule has 0 atom stereocenters. The highest BCUT2D eigenvalue weighted by molar-refractivity contribution is 6.02. The van der Waals surface area contributed by atoms with Gasteiger partial charge in [0.1, 0.15) is 0 Å². The Bertz CT molecular complexity index is 706. The third-order valence-electron chi connectivity index (χ3n) is 3.06. The molecule has 0 unspecified atom stereocenters. The van der Waals surface area contributed by atoms with Crippen LogP contribution in [0.15, 0.2) is 48.8 Å². The van der Waals surface area contributed by atoms with E-state index in [1.54, 1.807) is 42.7 Å². The number of nitrogens with one attached hydrogen (secondary N) is 1. The molecule has 0 radical (unpaired) electrons. The van der Waals surface area contributed by atoms with Crippen LogP contribution in [-0.2, 0) is 9.53 Å². The lowest BCUT2D eigenvalue weighted by atomic mass is 10.1. The highest BCUT2D eigenvalue weighted by Gasteiger charge is 2.04. The van der Waals surface area contributed by atoms with Crippen LogP contribution < -0.4 is 5.32 Å². The van der Waals surface area contributed by atoms with Crippen molar-refractivity contribution in [1.82, 2.24) is 4.98 Å². The Labute approximate surface area is 128 Å². The normalized spacial score (nSPS) is 10.5. The number of amides is 1. The van der Waals surface area contributed by atoms with Crippen LogP contribution in [0.2, 0.25) is 0 Å². The number of anilines is 1. The van der Waals surface area contributed by atoms with Crippen molar-refractivity contribution in [1.29, 1.82) is 0 Å². The molecule has 0 aliphatic carbocycles. The molecule has 0 fully saturated rings. The summed E-state index contributed by atoms with van der Waals surface area (Å²) < 4.78 is 4.62. The number of benzene rings is 1. The monoisotopic (exact) mass is 296 g/mol. The highest BCUT2D eigenvalue weighted by atomic mass is 16.5. The quantitative estimate of drug-likeness (QED) is 0.696. The minimum atomic E-state index is -0.389. The fourth-order valence-electron chi connectivity index (χ4n) is 1.79. The number of aryl methyl sites for hydroxylation is 1. The van der Waals surface area contributed by atoms with E-state index in [4.69, 9.17) is 0 Å². The lowest BCUT2D eigenvalue weighted by Crippen LogP contribution is -2.09. The van der Waals surface area contributed by atoms with Crippen molar-refractivity contribution in [2.75, 3.05) is 12.4 Å². The van der Waals surface area contributed by atoms with Crippen molar-refractivity contribution in [3.8, 4) is 0 Å². The predicted molar refractivity (Wildman–Crippen MR) is 84.4 cm³/mol. The Morgan fingerprint density at radius 1 is 1.18 bits per heavy atom. The van der Waals surface area contributed by atoms with E-state index in [1.807, 2.05) is 13.0 Å². The highest BCUT2D eigenvalue weighted by Crippen LogP contribution is 2.12. The van der Waals surface area contributed by atoms with Gasteiger partial charge in [-0.1, -0.05) is 12.1 Å². The van der Waals surface area contributed by atoms with Crippen LogP contribution in [-0.4, -0.2) is 24.0 Å². The van der Waals surface area contributed by atoms with Crippen LogP contribution in [0.1, 0.15) is 21.5 Å². The summed E-state index contributed by atoms with van der Waals surface area (Å²) in [6.07, 6.45) is 6.37. The molecule has 0 aliphatic rings. The third-order valence-corrected chi connectivity index (χ3v) is 3.06. The van der Waals surface area contributed by atoms with E-state index in [-0.39, 0.29) is 11.9 Å². The van der Waals surface area contributed by atoms with E-state index in [1.165, 1.54) is 13.2 Å². The van der Waals surface area contributed by atoms with Gasteiger partial charge in [-0.2, -0.15) is 0 Å². The van der Waals surface area contributed by atoms with Gasteiger partial charge in [0.25, 0.3) is 0 Å². The Balaban J connectivity index is 2.01. The number of hydrogen-bond acceptors (Lipinski definition) is 4. The molecular formula is C17H16N2O3. The standard InChI is InChI=1S/C17H16N2O3/c1-12-9-10-18-11-15(12)19-16(20)8-5-13-3-6-14(7-4-13)17(21)22-2/h3-11H,1-2H3,(H,19,20)/b8-5+. The summed E-state index contributed by atoms with van der Waals surface area (Å²) in [6.45, 7) is 1.90. The zero-order valence-corrected chi connectivity index (χ0v) is 12.4. The molecule has 1 N–H and O–H groups in total. The smallest absolute Gasteiger partial charge is 0.337 e. The number of aromatic nitrogens is 1. The molecule has 0 saturated carbocycles. The Morgan fingerprint density at radius 2 is 1.91 bits per heavy atom. The van der Waals surface area contributed by atoms with Gasteiger partial charge < -0.3 is 10.1 Å². The van der Waals surface area contributed by atoms with Gasteiger partial charge in [0.15, 0.2) is 0 Å². The Kier molecular flexibility index (Phi) is 5.03. The molecule has 112 valence electrons. The van der Waals surface area contributed by atoms with Gasteiger partial charge in [0, 0.05) is 12.3 Å². The first kappa shape index (κ1) is 15.4. The lowest BCUT2D eigenvalue weighted by Gasteiger charge is -2.04. The minimum absolute atomic E-state index is 0.242. The first-order chi connectivity index (χ1) is 10.6. The number of hydrogen-bond donors (Lipinski definition) is 1. The minimum Gasteiger partial charge on any atom is -0.465 e. The SMILES string of the molecule is COC(=O)c1ccc(/C=C/C(=O)Nc2cnccc2C)cc1. The second kappa shape index (κ2) is 7.17. The fourth-order valence-corrected chi connectivity index (χ4v) is 1.79. The molecule has 0 spiro atoms. The zero-order valence-electron chi connectivity index (χ0n) is 12.4. The Morgan fingerprint density at radius 3 is 2.55 bits per heavy atom. The number of nitrogens with zero attached hydrogens (tertiary/aromatic N) is 1. The van der Waals surface area contributed by atoms with Gasteiger partial charge in [-0.05, 0) is 42.3 Å². The molecule has 0 bridgehead atoms. The number of methoxy groups -OCH3 is 1. The summed E-state index contributed by atoms with van der Waals surface area (Å²) in [7, 11) is 1.33. The topological polar surface area (TPSA) is 68.3 Å². The first-order valence-corrected chi connectivity index (χ1v) is 6.68. The van der Waals surface area contributed by atoms with Gasteiger partial charge in [-0.15, -0.1) is 0 Å². The van der Waals surface area contributed by atoms with Crippen LogP contribution in [0.5, 0.6) is 0 Å². The van der Waals surface area contributed by atoms with E-state index in [9.17, 15) is 9.59 Å². The molecule has 1 aromatic heterocycles. The summed E-state index contributed by atoms with van der Waals surface area (Å²) >= 11 is 0. The van der Waals surface area contributed by atoms with Crippen molar-refractivity contribution < 1.29 is 14.3 Å². The fraction of sp³-hybridized carbons (Fsp3) is 0.118. The second-order valence-electron chi connectivity index (χ2n) is 4.63. The van der Waals surface area contributed by atoms with E-state index in [2.05, 4.69) is 15.0 Å². The third kappa shape index (κ3) is 4.02. The summed E-state index contributed by atoms with van der Waals surface area (Å²) in [5.74, 6) is -0.631. The van der Waals surface area contributed by atoms with E-state index < -0.39 is 0 Å². The lowest BCUT2D eigenvalue weighted by molar-refractivity contribution is -0.111. The summed E-state index contributed by atoms with van der Waals surface area (Å²) in [5.41, 5.74) is 2.90. The van der Waals surface area contributed by atoms with Gasteiger partial charge in [-0.3, -0.25) is 9.78 Å². The largest absolute Gasteiger partial charge is 0.465 e. The second-order valence-corrected chi connectivity index (χ2v) is 4.63. The number of carbonyl (C=O) groups is 2. The first-order valence-electron chi connectivity index (χ1n) is 6.68. The zero-order chi connectivity index (χ0) is 15.9. The molecule has 0 saturated heterocycles. The van der Waals surface area contributed by atoms with Crippen LogP contribution in [0.4, 0.5) is 5.69 Å². The summed E-state index contributed by atoms with van der Waals surface area (Å²) in [4.78, 5) is 27.1. The van der Waals surface area contributed by atoms with Crippen LogP contribution >= 0.6 is 0 Å². The summed E-state index contributed by atoms with van der Waals surface area (Å²) in [5, 5.41) is 2.76. The molecular weight excluding hydrogens is 280 g/mol. The number of pyridine rings is 1. The molecule has 2 aromatic rings. The average molecular weight is 296 g/mol. The molecule has 1 heterocycles. The van der Waals surface area contributed by atoms with Crippen molar-refractivity contribution >= 4 is 23.6 Å². The molecule has 2 rings (SSSR count). The molecule has 1 amide bonds. The van der Waals surface area contributed by atoms with E-state index in [0.717, 1.165) is 11.1 Å². The molecule has 22 heavy (non-hydrogen) atoms. The maximum atomic E-state index is 11.9. The number of ether oxygens (including phenoxy) is 1. The van der Waals surface area contributed by atoms with E-state index >= 15 is 0 Å². The average Bonchev–Trinajstić information content (AvgIpc) is 2.55. The number of esters is 1. The van der Waals surface area contributed by atoms with Crippen LogP contribution in [0.3, 0.4) is 0 Å². The molecule has 0 aliphatic heterocycles. The van der Waals surface area contributed by atoms with Crippen LogP contribution in [0, 0.1) is 6.92 Å². The van der Waals surface area contributed by atoms with Gasteiger partial charge >= 0.3 is 5.97 Å². The summed E-state index contributed by atoms with van der Waals surface area (Å²) in [6, 6.07) is 8.60. The Hall–Kier alpha value is -2.95. The number of rotatable bonds is 4. The van der Waals surface area contributed by atoms with Gasteiger partial charge in [0.05, 0.1) is 24.6 Å².